The van der Waals surface area contributed by atoms with Gasteiger partial charge in [0.1, 0.15) is 11.9 Å². The highest BCUT2D eigenvalue weighted by Crippen LogP contribution is 2.47. The fraction of sp³-hybridized carbons (Fsp3) is 0.583. The van der Waals surface area contributed by atoms with Crippen molar-refractivity contribution in [2.45, 2.75) is 64.0 Å². The van der Waals surface area contributed by atoms with Gasteiger partial charge in [0.05, 0.1) is 24.1 Å². The van der Waals surface area contributed by atoms with Gasteiger partial charge in [-0.15, -0.1) is 0 Å². The van der Waals surface area contributed by atoms with Crippen molar-refractivity contribution in [3.8, 4) is 5.75 Å². The van der Waals surface area contributed by atoms with Crippen molar-refractivity contribution in [3.63, 3.8) is 0 Å². The molecule has 1 saturated carbocycles. The Bertz CT molecular complexity index is 833. The van der Waals surface area contributed by atoms with Crippen LogP contribution in [0, 0.1) is 5.92 Å². The minimum Gasteiger partial charge on any atom is -0.494 e. The van der Waals surface area contributed by atoms with Crippen LogP contribution in [0.2, 0.25) is 0 Å². The minimum atomic E-state index is -0.482. The molecule has 2 heterocycles. The molecule has 1 aromatic carbocycles. The molecule has 3 unspecified atom stereocenters. The Morgan fingerprint density at radius 2 is 2.03 bits per heavy atom. The number of carbonyl (C=O) groups is 2. The quantitative estimate of drug-likeness (QED) is 0.660. The molecule has 1 aliphatic carbocycles. The smallest absolute Gasteiger partial charge is 0.290 e. The maximum atomic E-state index is 13.5. The summed E-state index contributed by atoms with van der Waals surface area (Å²) in [5.74, 6) is 0.628. The van der Waals surface area contributed by atoms with Crippen molar-refractivity contribution in [1.29, 1.82) is 0 Å². The third-order valence-corrected chi connectivity index (χ3v) is 6.36. The summed E-state index contributed by atoms with van der Waals surface area (Å²) >= 11 is 0. The topological polar surface area (TPSA) is 76.1 Å². The van der Waals surface area contributed by atoms with E-state index < -0.39 is 6.04 Å². The molecule has 162 valence electrons. The van der Waals surface area contributed by atoms with E-state index in [1.54, 1.807) is 4.90 Å². The van der Waals surface area contributed by atoms with Crippen LogP contribution in [0.25, 0.3) is 0 Å². The van der Waals surface area contributed by atoms with E-state index in [1.807, 2.05) is 24.3 Å². The number of benzene rings is 1. The summed E-state index contributed by atoms with van der Waals surface area (Å²) in [5, 5.41) is 9.34. The van der Waals surface area contributed by atoms with Gasteiger partial charge in [-0.25, -0.2) is 0 Å². The highest BCUT2D eigenvalue weighted by molar-refractivity contribution is 6.11. The fourth-order valence-electron chi connectivity index (χ4n) is 4.82. The summed E-state index contributed by atoms with van der Waals surface area (Å²) in [7, 11) is 0. The predicted molar refractivity (Wildman–Crippen MR) is 112 cm³/mol. The van der Waals surface area contributed by atoms with Crippen molar-refractivity contribution >= 4 is 11.7 Å². The second-order valence-corrected chi connectivity index (χ2v) is 8.41. The number of aliphatic hydroxyl groups is 1. The number of ketones is 1. The molecule has 0 bridgehead atoms. The molecule has 6 nitrogen and oxygen atoms in total. The molecular formula is C24H31NO5. The molecule has 1 N–H and O–H groups in total. The maximum absolute atomic E-state index is 13.5. The van der Waals surface area contributed by atoms with Crippen molar-refractivity contribution in [3.05, 3.63) is 41.2 Å². The van der Waals surface area contributed by atoms with Crippen LogP contribution < -0.4 is 4.74 Å². The van der Waals surface area contributed by atoms with E-state index in [4.69, 9.17) is 9.47 Å². The molecule has 0 radical (unpaired) electrons. The normalized spacial score (nSPS) is 25.8. The molecule has 6 heteroatoms. The second kappa shape index (κ2) is 9.21. The summed E-state index contributed by atoms with van der Waals surface area (Å²) in [6.45, 7) is 3.11. The number of ether oxygens (including phenoxy) is 2. The van der Waals surface area contributed by atoms with Gasteiger partial charge in [-0.2, -0.15) is 0 Å². The molecule has 2 aliphatic heterocycles. The van der Waals surface area contributed by atoms with Gasteiger partial charge in [0.25, 0.3) is 5.91 Å². The van der Waals surface area contributed by atoms with Crippen LogP contribution in [0.5, 0.6) is 5.75 Å². The SMILES string of the molecule is CCCCOc1cccc(C2C3=C(OC4CCCCC4C3=O)C(=O)N2CCCO)c1. The number of unbranched alkanes of at least 4 members (excludes halogenated alkanes) is 1. The monoisotopic (exact) mass is 413 g/mol. The zero-order valence-electron chi connectivity index (χ0n) is 17.6. The molecule has 1 aromatic rings. The Morgan fingerprint density at radius 3 is 2.83 bits per heavy atom. The highest BCUT2D eigenvalue weighted by Gasteiger charge is 2.51. The number of nitrogens with zero attached hydrogens (tertiary/aromatic N) is 1. The van der Waals surface area contributed by atoms with Gasteiger partial charge in [0.2, 0.25) is 0 Å². The average molecular weight is 414 g/mol. The second-order valence-electron chi connectivity index (χ2n) is 8.41. The first kappa shape index (κ1) is 20.9. The van der Waals surface area contributed by atoms with E-state index in [0.717, 1.165) is 49.8 Å². The summed E-state index contributed by atoms with van der Waals surface area (Å²) in [6.07, 6.45) is 5.98. The highest BCUT2D eigenvalue weighted by atomic mass is 16.5. The number of amides is 1. The standard InChI is InChI=1S/C24H31NO5/c1-2-3-14-29-17-9-6-8-16(15-17)21-20-22(27)18-10-4-5-11-19(18)30-23(20)24(28)25(21)12-7-13-26/h6,8-9,15,18-19,21,26H,2-5,7,10-14H2,1H3. The lowest BCUT2D eigenvalue weighted by atomic mass is 9.77. The Kier molecular flexibility index (Phi) is 6.42. The lowest BCUT2D eigenvalue weighted by Crippen LogP contribution is -2.39. The van der Waals surface area contributed by atoms with Gasteiger partial charge < -0.3 is 19.5 Å². The molecule has 1 amide bonds. The number of aliphatic hydroxyl groups excluding tert-OH is 1. The lowest BCUT2D eigenvalue weighted by Gasteiger charge is -2.35. The molecule has 1 fully saturated rings. The first-order valence-corrected chi connectivity index (χ1v) is 11.2. The molecule has 3 aliphatic rings. The van der Waals surface area contributed by atoms with Gasteiger partial charge in [-0.3, -0.25) is 9.59 Å². The number of carbonyl (C=O) groups excluding carboxylic acids is 2. The Morgan fingerprint density at radius 1 is 1.20 bits per heavy atom. The van der Waals surface area contributed by atoms with Crippen LogP contribution in [-0.2, 0) is 14.3 Å². The van der Waals surface area contributed by atoms with Gasteiger partial charge in [-0.05, 0) is 49.8 Å². The van der Waals surface area contributed by atoms with Crippen LogP contribution in [0.1, 0.15) is 63.5 Å². The van der Waals surface area contributed by atoms with E-state index in [0.29, 0.717) is 25.1 Å². The predicted octanol–water partition coefficient (Wildman–Crippen LogP) is 3.54. The van der Waals surface area contributed by atoms with Gasteiger partial charge in [0.15, 0.2) is 11.5 Å². The molecule has 0 spiro atoms. The first-order valence-electron chi connectivity index (χ1n) is 11.2. The fourth-order valence-corrected chi connectivity index (χ4v) is 4.82. The van der Waals surface area contributed by atoms with Crippen LogP contribution in [0.4, 0.5) is 0 Å². The zero-order chi connectivity index (χ0) is 21.1. The number of hydrogen-bond acceptors (Lipinski definition) is 5. The van der Waals surface area contributed by atoms with Gasteiger partial charge >= 0.3 is 0 Å². The van der Waals surface area contributed by atoms with Crippen LogP contribution >= 0.6 is 0 Å². The average Bonchev–Trinajstić information content (AvgIpc) is 3.05. The van der Waals surface area contributed by atoms with Gasteiger partial charge in [0, 0.05) is 13.2 Å². The number of hydrogen-bond donors (Lipinski definition) is 1. The number of fused-ring (bicyclic) bond motifs is 1. The Labute approximate surface area is 177 Å². The van der Waals surface area contributed by atoms with Crippen molar-refractivity contribution in [2.75, 3.05) is 19.8 Å². The first-order chi connectivity index (χ1) is 14.7. The summed E-state index contributed by atoms with van der Waals surface area (Å²) < 4.78 is 12.0. The van der Waals surface area contributed by atoms with E-state index in [2.05, 4.69) is 6.92 Å². The molecule has 4 rings (SSSR count). The van der Waals surface area contributed by atoms with Crippen LogP contribution in [0.15, 0.2) is 35.6 Å². The summed E-state index contributed by atoms with van der Waals surface area (Å²) in [5.41, 5.74) is 1.35. The summed E-state index contributed by atoms with van der Waals surface area (Å²) in [6, 6.07) is 7.19. The van der Waals surface area contributed by atoms with Crippen LogP contribution in [0.3, 0.4) is 0 Å². The number of Topliss-reactive ketones (excluding diaryl/α,β-unsaturated/α-hetero) is 1. The third kappa shape index (κ3) is 3.85. The van der Waals surface area contributed by atoms with E-state index in [-0.39, 0.29) is 36.1 Å². The largest absolute Gasteiger partial charge is 0.494 e. The number of rotatable bonds is 8. The maximum Gasteiger partial charge on any atom is 0.290 e. The van der Waals surface area contributed by atoms with E-state index in [9.17, 15) is 14.7 Å². The van der Waals surface area contributed by atoms with Crippen molar-refractivity contribution in [1.82, 2.24) is 4.90 Å². The molecule has 0 aromatic heterocycles. The molecule has 3 atom stereocenters. The van der Waals surface area contributed by atoms with Gasteiger partial charge in [-0.1, -0.05) is 31.9 Å². The summed E-state index contributed by atoms with van der Waals surface area (Å²) in [4.78, 5) is 28.4. The molecule has 30 heavy (non-hydrogen) atoms. The zero-order valence-corrected chi connectivity index (χ0v) is 17.6. The molecule has 0 saturated heterocycles. The van der Waals surface area contributed by atoms with E-state index in [1.165, 1.54) is 0 Å². The Balaban J connectivity index is 1.69. The minimum absolute atomic E-state index is 0.0125. The Hall–Kier alpha value is -2.34. The molecular weight excluding hydrogens is 382 g/mol. The van der Waals surface area contributed by atoms with Crippen molar-refractivity contribution < 1.29 is 24.2 Å². The van der Waals surface area contributed by atoms with Crippen LogP contribution in [-0.4, -0.2) is 47.6 Å². The third-order valence-electron chi connectivity index (χ3n) is 6.36. The van der Waals surface area contributed by atoms with E-state index >= 15 is 0 Å². The lowest BCUT2D eigenvalue weighted by molar-refractivity contribution is -0.135. The van der Waals surface area contributed by atoms with Crippen molar-refractivity contribution in [2.24, 2.45) is 5.92 Å².